The van der Waals surface area contributed by atoms with Gasteiger partial charge in [0.15, 0.2) is 11.5 Å². The van der Waals surface area contributed by atoms with Gasteiger partial charge in [0.05, 0.1) is 25.5 Å². The van der Waals surface area contributed by atoms with E-state index in [4.69, 9.17) is 30.8 Å². The van der Waals surface area contributed by atoms with Crippen LogP contribution in [-0.2, 0) is 6.54 Å². The lowest BCUT2D eigenvalue weighted by atomic mass is 10.2. The van der Waals surface area contributed by atoms with Crippen LogP contribution in [0.2, 0.25) is 5.02 Å². The Morgan fingerprint density at radius 3 is 2.57 bits per heavy atom. The quantitative estimate of drug-likeness (QED) is 0.489. The van der Waals surface area contributed by atoms with Gasteiger partial charge in [0, 0.05) is 23.5 Å². The maximum Gasteiger partial charge on any atom is 0.170 e. The van der Waals surface area contributed by atoms with Crippen LogP contribution in [0.15, 0.2) is 47.8 Å². The molecule has 7 heteroatoms. The lowest BCUT2D eigenvalue weighted by Gasteiger charge is -2.15. The summed E-state index contributed by atoms with van der Waals surface area (Å²) < 4.78 is 16.7. The summed E-state index contributed by atoms with van der Waals surface area (Å²) in [7, 11) is 5.33. The molecule has 0 fully saturated rings. The smallest absolute Gasteiger partial charge is 0.170 e. The van der Waals surface area contributed by atoms with E-state index < -0.39 is 0 Å². The van der Waals surface area contributed by atoms with Crippen LogP contribution < -0.4 is 14.2 Å². The van der Waals surface area contributed by atoms with Crippen LogP contribution in [0, 0.1) is 0 Å². The first-order chi connectivity index (χ1) is 13.6. The van der Waals surface area contributed by atoms with E-state index in [1.165, 1.54) is 0 Å². The second-order valence-electron chi connectivity index (χ2n) is 6.23. The number of rotatable bonds is 9. The first-order valence-corrected chi connectivity index (χ1v) is 10.1. The van der Waals surface area contributed by atoms with E-state index in [2.05, 4.69) is 17.3 Å². The minimum atomic E-state index is 0.596. The normalized spacial score (nSPS) is 10.9. The molecule has 3 rings (SSSR count). The highest BCUT2D eigenvalue weighted by molar-refractivity contribution is 7.13. The summed E-state index contributed by atoms with van der Waals surface area (Å²) in [6.45, 7) is 2.13. The number of para-hydroxylation sites is 1. The Morgan fingerprint density at radius 1 is 1.07 bits per heavy atom. The van der Waals surface area contributed by atoms with E-state index in [0.717, 1.165) is 35.1 Å². The van der Waals surface area contributed by atoms with Crippen molar-refractivity contribution >= 4 is 22.9 Å². The highest BCUT2D eigenvalue weighted by atomic mass is 35.5. The van der Waals surface area contributed by atoms with E-state index in [0.29, 0.717) is 23.1 Å². The molecular formula is C21H23ClN2O3S. The van der Waals surface area contributed by atoms with Crippen LogP contribution in [0.5, 0.6) is 17.2 Å². The van der Waals surface area contributed by atoms with Crippen molar-refractivity contribution in [2.24, 2.45) is 0 Å². The van der Waals surface area contributed by atoms with Crippen molar-refractivity contribution in [2.45, 2.75) is 6.54 Å². The Labute approximate surface area is 174 Å². The van der Waals surface area contributed by atoms with E-state index >= 15 is 0 Å². The minimum absolute atomic E-state index is 0.596. The van der Waals surface area contributed by atoms with Gasteiger partial charge in [0.25, 0.3) is 0 Å². The predicted octanol–water partition coefficient (Wildman–Crippen LogP) is 4.99. The summed E-state index contributed by atoms with van der Waals surface area (Å²) in [5, 5.41) is 3.69. The topological polar surface area (TPSA) is 43.8 Å². The summed E-state index contributed by atoms with van der Waals surface area (Å²) in [5.74, 6) is 2.22. The van der Waals surface area contributed by atoms with Crippen LogP contribution >= 0.6 is 22.9 Å². The van der Waals surface area contributed by atoms with E-state index in [9.17, 15) is 0 Å². The summed E-state index contributed by atoms with van der Waals surface area (Å²) in [5.41, 5.74) is 1.95. The van der Waals surface area contributed by atoms with Crippen molar-refractivity contribution in [1.82, 2.24) is 9.88 Å². The third-order valence-electron chi connectivity index (χ3n) is 4.17. The van der Waals surface area contributed by atoms with Gasteiger partial charge in [0.2, 0.25) is 0 Å². The van der Waals surface area contributed by atoms with Gasteiger partial charge in [-0.2, -0.15) is 0 Å². The highest BCUT2D eigenvalue weighted by Gasteiger charge is 2.15. The van der Waals surface area contributed by atoms with Crippen LogP contribution in [-0.4, -0.2) is 44.3 Å². The Balaban J connectivity index is 1.58. The molecule has 0 bridgehead atoms. The van der Waals surface area contributed by atoms with Crippen molar-refractivity contribution in [1.29, 1.82) is 0 Å². The number of halogens is 1. The van der Waals surface area contributed by atoms with Gasteiger partial charge in [-0.1, -0.05) is 17.7 Å². The van der Waals surface area contributed by atoms with Crippen molar-refractivity contribution in [2.75, 3.05) is 34.4 Å². The summed E-state index contributed by atoms with van der Waals surface area (Å²) in [4.78, 5) is 6.94. The molecule has 3 aromatic rings. The van der Waals surface area contributed by atoms with E-state index in [-0.39, 0.29) is 0 Å². The average molecular weight is 419 g/mol. The third-order valence-corrected chi connectivity index (χ3v) is 5.35. The largest absolute Gasteiger partial charge is 0.493 e. The molecule has 1 heterocycles. The number of thiazole rings is 1. The molecule has 0 N–H and O–H groups in total. The Bertz CT molecular complexity index is 899. The molecule has 2 aromatic carbocycles. The molecule has 1 aromatic heterocycles. The fourth-order valence-electron chi connectivity index (χ4n) is 2.76. The fourth-order valence-corrected chi connectivity index (χ4v) is 3.72. The van der Waals surface area contributed by atoms with Crippen molar-refractivity contribution in [3.05, 3.63) is 58.6 Å². The minimum Gasteiger partial charge on any atom is -0.493 e. The number of benzene rings is 2. The van der Waals surface area contributed by atoms with Crippen LogP contribution in [0.3, 0.4) is 0 Å². The van der Waals surface area contributed by atoms with E-state index in [1.54, 1.807) is 25.6 Å². The molecule has 0 atom stereocenters. The average Bonchev–Trinajstić information content (AvgIpc) is 3.17. The van der Waals surface area contributed by atoms with Crippen LogP contribution in [0.25, 0.3) is 10.6 Å². The molecule has 0 saturated heterocycles. The maximum absolute atomic E-state index is 5.88. The van der Waals surface area contributed by atoms with Crippen LogP contribution in [0.1, 0.15) is 5.69 Å². The summed E-state index contributed by atoms with van der Waals surface area (Å²) in [6, 6.07) is 13.2. The summed E-state index contributed by atoms with van der Waals surface area (Å²) in [6.07, 6.45) is 0. The maximum atomic E-state index is 5.88. The molecule has 0 unspecified atom stereocenters. The molecule has 0 spiro atoms. The van der Waals surface area contributed by atoms with Gasteiger partial charge in [-0.25, -0.2) is 4.98 Å². The molecule has 0 aliphatic rings. The number of likely N-dealkylation sites (N-methyl/N-ethyl adjacent to an activating group) is 1. The fraction of sp³-hybridized carbons (Fsp3) is 0.286. The van der Waals surface area contributed by atoms with Crippen LogP contribution in [0.4, 0.5) is 0 Å². The second-order valence-corrected chi connectivity index (χ2v) is 7.52. The lowest BCUT2D eigenvalue weighted by molar-refractivity contribution is 0.231. The molecule has 0 radical (unpaired) electrons. The predicted molar refractivity (Wildman–Crippen MR) is 114 cm³/mol. The molecule has 148 valence electrons. The first kappa shape index (κ1) is 20.5. The number of methoxy groups -OCH3 is 2. The Kier molecular flexibility index (Phi) is 7.14. The summed E-state index contributed by atoms with van der Waals surface area (Å²) >= 11 is 7.48. The second kappa shape index (κ2) is 9.78. The third kappa shape index (κ3) is 5.16. The Morgan fingerprint density at radius 2 is 1.86 bits per heavy atom. The molecular weight excluding hydrogens is 396 g/mol. The zero-order valence-corrected chi connectivity index (χ0v) is 17.7. The zero-order chi connectivity index (χ0) is 19.9. The monoisotopic (exact) mass is 418 g/mol. The molecule has 0 saturated carbocycles. The van der Waals surface area contributed by atoms with Gasteiger partial charge in [0.1, 0.15) is 17.4 Å². The first-order valence-electron chi connectivity index (χ1n) is 8.83. The number of hydrogen-bond donors (Lipinski definition) is 0. The van der Waals surface area contributed by atoms with Crippen molar-refractivity contribution in [3.63, 3.8) is 0 Å². The Hall–Kier alpha value is -2.28. The lowest BCUT2D eigenvalue weighted by Crippen LogP contribution is -2.24. The van der Waals surface area contributed by atoms with Gasteiger partial charge in [-0.05, 0) is 43.4 Å². The standard InChI is InChI=1S/C21H23ClN2O3S/c1-24(11-12-27-17-9-7-15(22)8-10-17)13-16-14-28-21(23-16)18-5-4-6-19(25-2)20(18)26-3/h4-10,14H,11-13H2,1-3H3. The zero-order valence-electron chi connectivity index (χ0n) is 16.1. The van der Waals surface area contributed by atoms with Crippen molar-refractivity contribution in [3.8, 4) is 27.8 Å². The number of nitrogens with zero attached hydrogens (tertiary/aromatic N) is 2. The molecule has 28 heavy (non-hydrogen) atoms. The molecule has 0 aliphatic heterocycles. The van der Waals surface area contributed by atoms with Crippen molar-refractivity contribution < 1.29 is 14.2 Å². The SMILES string of the molecule is COc1cccc(-c2nc(CN(C)CCOc3ccc(Cl)cc3)cs2)c1OC. The molecule has 0 amide bonds. The number of ether oxygens (including phenoxy) is 3. The molecule has 5 nitrogen and oxygen atoms in total. The highest BCUT2D eigenvalue weighted by Crippen LogP contribution is 2.39. The number of hydrogen-bond acceptors (Lipinski definition) is 6. The van der Waals surface area contributed by atoms with E-state index in [1.807, 2.05) is 42.5 Å². The number of aromatic nitrogens is 1. The molecule has 0 aliphatic carbocycles. The van der Waals surface area contributed by atoms with Gasteiger partial charge >= 0.3 is 0 Å². The van der Waals surface area contributed by atoms with Gasteiger partial charge < -0.3 is 14.2 Å². The van der Waals surface area contributed by atoms with Gasteiger partial charge in [-0.3, -0.25) is 4.90 Å². The van der Waals surface area contributed by atoms with Gasteiger partial charge in [-0.15, -0.1) is 11.3 Å².